The van der Waals surface area contributed by atoms with Crippen LogP contribution in [0.2, 0.25) is 5.02 Å². The fourth-order valence-corrected chi connectivity index (χ4v) is 3.97. The molecule has 1 aliphatic heterocycles. The quantitative estimate of drug-likeness (QED) is 0.524. The summed E-state index contributed by atoms with van der Waals surface area (Å²) in [6, 6.07) is 12.7. The molecule has 0 unspecified atom stereocenters. The Morgan fingerprint density at radius 2 is 1.81 bits per heavy atom. The van der Waals surface area contributed by atoms with E-state index in [2.05, 4.69) is 17.1 Å². The van der Waals surface area contributed by atoms with Crippen LogP contribution in [-0.4, -0.2) is 49.5 Å². The summed E-state index contributed by atoms with van der Waals surface area (Å²) in [5.74, 6) is 0.699. The zero-order valence-electron chi connectivity index (χ0n) is 18.9. The average molecular weight is 458 g/mol. The minimum Gasteiger partial charge on any atom is -0.494 e. The Labute approximate surface area is 195 Å². The molecule has 0 saturated carbocycles. The standard InChI is InChI=1S/C25H32ClN3O3/c1-3-5-16-32-21-9-6-8-19(17-21)25(31)27-20-10-11-23(22(26)18-20)28-12-14-29(15-13-28)24(30)7-4-2/h6,8-11,17-18H,3-5,7,12-16H2,1-2H3,(H,27,31). The van der Waals surface area contributed by atoms with Crippen LogP contribution in [0.1, 0.15) is 49.9 Å². The van der Waals surface area contributed by atoms with E-state index in [-0.39, 0.29) is 11.8 Å². The number of carbonyl (C=O) groups excluding carboxylic acids is 2. The van der Waals surface area contributed by atoms with Crippen LogP contribution >= 0.6 is 11.6 Å². The van der Waals surface area contributed by atoms with Gasteiger partial charge >= 0.3 is 0 Å². The van der Waals surface area contributed by atoms with Crippen LogP contribution in [0.15, 0.2) is 42.5 Å². The van der Waals surface area contributed by atoms with Crippen molar-refractivity contribution in [2.24, 2.45) is 0 Å². The number of nitrogens with zero attached hydrogens (tertiary/aromatic N) is 2. The maximum absolute atomic E-state index is 12.7. The number of hydrogen-bond donors (Lipinski definition) is 1. The van der Waals surface area contributed by atoms with E-state index in [4.69, 9.17) is 16.3 Å². The second-order valence-electron chi connectivity index (χ2n) is 7.97. The lowest BCUT2D eigenvalue weighted by Gasteiger charge is -2.36. The Balaban J connectivity index is 1.59. The highest BCUT2D eigenvalue weighted by Crippen LogP contribution is 2.30. The van der Waals surface area contributed by atoms with Gasteiger partial charge in [-0.1, -0.05) is 37.9 Å². The topological polar surface area (TPSA) is 61.9 Å². The van der Waals surface area contributed by atoms with E-state index in [1.807, 2.05) is 36.1 Å². The van der Waals surface area contributed by atoms with Crippen molar-refractivity contribution in [3.8, 4) is 5.75 Å². The van der Waals surface area contributed by atoms with Crippen LogP contribution in [-0.2, 0) is 4.79 Å². The summed E-state index contributed by atoms with van der Waals surface area (Å²) in [6.07, 6.45) is 3.51. The third-order valence-electron chi connectivity index (χ3n) is 5.51. The molecule has 1 saturated heterocycles. The number of anilines is 2. The van der Waals surface area contributed by atoms with E-state index < -0.39 is 0 Å². The second-order valence-corrected chi connectivity index (χ2v) is 8.38. The number of halogens is 1. The number of carbonyl (C=O) groups is 2. The van der Waals surface area contributed by atoms with Gasteiger partial charge in [0.2, 0.25) is 5.91 Å². The van der Waals surface area contributed by atoms with Gasteiger partial charge in [0.05, 0.1) is 17.3 Å². The lowest BCUT2D eigenvalue weighted by Crippen LogP contribution is -2.48. The summed E-state index contributed by atoms with van der Waals surface area (Å²) in [6.45, 7) is 7.65. The molecular formula is C25H32ClN3O3. The molecule has 32 heavy (non-hydrogen) atoms. The fourth-order valence-electron chi connectivity index (χ4n) is 3.67. The molecule has 6 nitrogen and oxygen atoms in total. The van der Waals surface area contributed by atoms with E-state index in [0.717, 1.165) is 38.0 Å². The highest BCUT2D eigenvalue weighted by atomic mass is 35.5. The number of ether oxygens (including phenoxy) is 1. The zero-order chi connectivity index (χ0) is 22.9. The van der Waals surface area contributed by atoms with Gasteiger partial charge in [0, 0.05) is 43.9 Å². The van der Waals surface area contributed by atoms with Gasteiger partial charge in [0.1, 0.15) is 5.75 Å². The first-order valence-electron chi connectivity index (χ1n) is 11.4. The number of piperazine rings is 1. The van der Waals surface area contributed by atoms with E-state index in [1.54, 1.807) is 18.2 Å². The predicted molar refractivity (Wildman–Crippen MR) is 130 cm³/mol. The van der Waals surface area contributed by atoms with Crippen molar-refractivity contribution in [2.45, 2.75) is 39.5 Å². The molecule has 3 rings (SSSR count). The molecule has 172 valence electrons. The molecule has 1 fully saturated rings. The molecule has 1 heterocycles. The molecule has 1 N–H and O–H groups in total. The molecular weight excluding hydrogens is 426 g/mol. The van der Waals surface area contributed by atoms with Crippen LogP contribution < -0.4 is 15.0 Å². The summed E-state index contributed by atoms with van der Waals surface area (Å²) in [5, 5.41) is 3.49. The summed E-state index contributed by atoms with van der Waals surface area (Å²) < 4.78 is 5.69. The van der Waals surface area contributed by atoms with Gasteiger partial charge in [-0.2, -0.15) is 0 Å². The highest BCUT2D eigenvalue weighted by Gasteiger charge is 2.22. The number of benzene rings is 2. The Hall–Kier alpha value is -2.73. The maximum atomic E-state index is 12.7. The van der Waals surface area contributed by atoms with Crippen LogP contribution in [0.25, 0.3) is 0 Å². The molecule has 7 heteroatoms. The van der Waals surface area contributed by atoms with Gasteiger partial charge < -0.3 is 19.9 Å². The number of amides is 2. The summed E-state index contributed by atoms with van der Waals surface area (Å²) in [5.41, 5.74) is 2.09. The van der Waals surface area contributed by atoms with Crippen LogP contribution in [0.4, 0.5) is 11.4 Å². The number of unbranched alkanes of at least 4 members (excludes halogenated alkanes) is 1. The van der Waals surface area contributed by atoms with Crippen molar-refractivity contribution < 1.29 is 14.3 Å². The van der Waals surface area contributed by atoms with Crippen molar-refractivity contribution in [3.63, 3.8) is 0 Å². The second kappa shape index (κ2) is 11.8. The van der Waals surface area contributed by atoms with Gasteiger partial charge in [-0.05, 0) is 49.2 Å². The SMILES string of the molecule is CCCCOc1cccc(C(=O)Nc2ccc(N3CCN(C(=O)CCC)CC3)c(Cl)c2)c1. The maximum Gasteiger partial charge on any atom is 0.255 e. The Kier molecular flexibility index (Phi) is 8.80. The molecule has 0 aromatic heterocycles. The van der Waals surface area contributed by atoms with Gasteiger partial charge in [0.25, 0.3) is 5.91 Å². The summed E-state index contributed by atoms with van der Waals surface area (Å²) in [7, 11) is 0. The highest BCUT2D eigenvalue weighted by molar-refractivity contribution is 6.33. The molecule has 2 aromatic rings. The zero-order valence-corrected chi connectivity index (χ0v) is 19.7. The first-order valence-corrected chi connectivity index (χ1v) is 11.8. The van der Waals surface area contributed by atoms with E-state index in [9.17, 15) is 9.59 Å². The predicted octanol–water partition coefficient (Wildman–Crippen LogP) is 5.22. The Morgan fingerprint density at radius 3 is 2.50 bits per heavy atom. The van der Waals surface area contributed by atoms with Crippen molar-refractivity contribution >= 4 is 34.8 Å². The van der Waals surface area contributed by atoms with Crippen molar-refractivity contribution in [2.75, 3.05) is 43.0 Å². The number of nitrogens with one attached hydrogen (secondary N) is 1. The van der Waals surface area contributed by atoms with Gasteiger partial charge in [-0.3, -0.25) is 9.59 Å². The molecule has 0 aliphatic carbocycles. The third-order valence-corrected chi connectivity index (χ3v) is 5.81. The molecule has 2 aromatic carbocycles. The molecule has 1 aliphatic rings. The van der Waals surface area contributed by atoms with Crippen LogP contribution in [0.5, 0.6) is 5.75 Å². The lowest BCUT2D eigenvalue weighted by atomic mass is 10.2. The Bertz CT molecular complexity index is 926. The minimum atomic E-state index is -0.210. The van der Waals surface area contributed by atoms with Gasteiger partial charge in [-0.25, -0.2) is 0 Å². The van der Waals surface area contributed by atoms with E-state index in [0.29, 0.717) is 48.1 Å². The Morgan fingerprint density at radius 1 is 1.03 bits per heavy atom. The average Bonchev–Trinajstić information content (AvgIpc) is 2.80. The van der Waals surface area contributed by atoms with E-state index >= 15 is 0 Å². The molecule has 0 spiro atoms. The van der Waals surface area contributed by atoms with Crippen molar-refractivity contribution in [3.05, 3.63) is 53.1 Å². The molecule has 0 atom stereocenters. The van der Waals surface area contributed by atoms with E-state index in [1.165, 1.54) is 0 Å². The first kappa shape index (κ1) is 23.9. The largest absolute Gasteiger partial charge is 0.494 e. The first-order chi connectivity index (χ1) is 15.5. The van der Waals surface area contributed by atoms with Gasteiger partial charge in [0.15, 0.2) is 0 Å². The minimum absolute atomic E-state index is 0.210. The lowest BCUT2D eigenvalue weighted by molar-refractivity contribution is -0.131. The monoisotopic (exact) mass is 457 g/mol. The molecule has 2 amide bonds. The summed E-state index contributed by atoms with van der Waals surface area (Å²) >= 11 is 6.54. The van der Waals surface area contributed by atoms with Crippen molar-refractivity contribution in [1.29, 1.82) is 0 Å². The molecule has 0 bridgehead atoms. The smallest absolute Gasteiger partial charge is 0.255 e. The molecule has 0 radical (unpaired) electrons. The fraction of sp³-hybridized carbons (Fsp3) is 0.440. The van der Waals surface area contributed by atoms with Crippen molar-refractivity contribution in [1.82, 2.24) is 4.90 Å². The number of rotatable bonds is 9. The van der Waals surface area contributed by atoms with Gasteiger partial charge in [-0.15, -0.1) is 0 Å². The normalized spacial score (nSPS) is 13.7. The third kappa shape index (κ3) is 6.39. The van der Waals surface area contributed by atoms with Crippen LogP contribution in [0, 0.1) is 0 Å². The van der Waals surface area contributed by atoms with Crippen LogP contribution in [0.3, 0.4) is 0 Å². The number of hydrogen-bond acceptors (Lipinski definition) is 4. The summed E-state index contributed by atoms with van der Waals surface area (Å²) in [4.78, 5) is 28.9.